The van der Waals surface area contributed by atoms with Gasteiger partial charge in [0.1, 0.15) is 0 Å². The van der Waals surface area contributed by atoms with Gasteiger partial charge in [-0.05, 0) is 13.0 Å². The summed E-state index contributed by atoms with van der Waals surface area (Å²) in [4.78, 5) is 47.3. The van der Waals surface area contributed by atoms with Gasteiger partial charge in [0.25, 0.3) is 0 Å². The van der Waals surface area contributed by atoms with Gasteiger partial charge in [-0.1, -0.05) is 12.2 Å². The van der Waals surface area contributed by atoms with Crippen molar-refractivity contribution in [1.82, 2.24) is 4.90 Å². The molecule has 13 heteroatoms. The van der Waals surface area contributed by atoms with E-state index < -0.39 is 26.9 Å². The smallest absolute Gasteiger partial charge is 0.351 e. The quantitative estimate of drug-likeness (QED) is 0.172. The summed E-state index contributed by atoms with van der Waals surface area (Å²) in [6.07, 6.45) is 1.78. The number of aliphatic hydroxyl groups is 1. The number of aliphatic carboxylic acids is 1. The molecule has 1 atom stereocenters. The Balaban J connectivity index is 5.43. The zero-order valence-corrected chi connectivity index (χ0v) is 14.5. The molecule has 0 aromatic heterocycles. The second-order valence-electron chi connectivity index (χ2n) is 4.87. The molecule has 11 nitrogen and oxygen atoms in total. The lowest BCUT2D eigenvalue weighted by Gasteiger charge is -2.35. The lowest BCUT2D eigenvalue weighted by Crippen LogP contribution is -2.55. The number of hydrogen-bond donors (Lipinski definition) is 7. The third-order valence-corrected chi connectivity index (χ3v) is 4.04. The molecule has 0 radical (unpaired) electrons. The van der Waals surface area contributed by atoms with E-state index in [0.717, 1.165) is 17.1 Å². The molecule has 0 aliphatic heterocycles. The monoisotopic (exact) mass is 388 g/mol. The van der Waals surface area contributed by atoms with Crippen molar-refractivity contribution in [1.29, 1.82) is 0 Å². The number of carboxylic acids is 1. The first-order chi connectivity index (χ1) is 10.8. The zero-order chi connectivity index (χ0) is 19.0. The average Bonchev–Trinajstić information content (AvgIpc) is 2.40. The fourth-order valence-corrected chi connectivity index (χ4v) is 2.49. The second-order valence-corrected chi connectivity index (χ2v) is 7.82. The summed E-state index contributed by atoms with van der Waals surface area (Å²) in [5.41, 5.74) is 2.88. The van der Waals surface area contributed by atoms with Gasteiger partial charge in [0, 0.05) is 31.1 Å². The Hall–Kier alpha value is -0.870. The molecule has 0 aliphatic rings. The Labute approximate surface area is 138 Å². The largest absolute Gasteiger partial charge is 0.478 e. The Morgan fingerprint density at radius 3 is 1.75 bits per heavy atom. The van der Waals surface area contributed by atoms with Gasteiger partial charge in [0.2, 0.25) is 5.72 Å². The van der Waals surface area contributed by atoms with Crippen molar-refractivity contribution >= 4 is 21.2 Å². The van der Waals surface area contributed by atoms with Crippen molar-refractivity contribution in [3.63, 3.8) is 0 Å². The van der Waals surface area contributed by atoms with Gasteiger partial charge >= 0.3 is 21.2 Å². The van der Waals surface area contributed by atoms with Gasteiger partial charge in [0.15, 0.2) is 0 Å². The van der Waals surface area contributed by atoms with E-state index in [1.54, 1.807) is 0 Å². The van der Waals surface area contributed by atoms with Crippen LogP contribution in [0.15, 0.2) is 23.8 Å². The molecule has 0 rings (SSSR count). The molecule has 0 fully saturated rings. The Kier molecular flexibility index (Phi) is 9.22. The minimum atomic E-state index is -4.47. The third-order valence-electron chi connectivity index (χ3n) is 2.85. The van der Waals surface area contributed by atoms with Crippen molar-refractivity contribution in [2.45, 2.75) is 18.6 Å². The van der Waals surface area contributed by atoms with E-state index in [4.69, 9.17) is 25.3 Å². The fourth-order valence-electron chi connectivity index (χ4n) is 1.75. The van der Waals surface area contributed by atoms with Crippen LogP contribution in [-0.4, -0.2) is 66.0 Å². The summed E-state index contributed by atoms with van der Waals surface area (Å²) in [5.74, 6) is -0.541. The van der Waals surface area contributed by atoms with E-state index in [1.165, 1.54) is 0 Å². The number of carbonyl (C=O) groups is 1. The highest BCUT2D eigenvalue weighted by atomic mass is 31.2. The van der Waals surface area contributed by atoms with E-state index in [-0.39, 0.29) is 32.5 Å². The van der Waals surface area contributed by atoms with Crippen molar-refractivity contribution in [2.75, 3.05) is 19.6 Å². The first-order valence-electron chi connectivity index (χ1n) is 6.68. The number of hydrogen-bond acceptors (Lipinski definition) is 6. The summed E-state index contributed by atoms with van der Waals surface area (Å²) >= 11 is 0. The summed E-state index contributed by atoms with van der Waals surface area (Å²) in [6, 6.07) is 0. The van der Waals surface area contributed by atoms with Gasteiger partial charge < -0.3 is 35.5 Å². The van der Waals surface area contributed by atoms with Crippen LogP contribution in [0.25, 0.3) is 0 Å². The van der Waals surface area contributed by atoms with Crippen molar-refractivity contribution in [2.24, 2.45) is 5.73 Å². The molecule has 8 N–H and O–H groups in total. The van der Waals surface area contributed by atoms with Crippen molar-refractivity contribution in [3.05, 3.63) is 23.8 Å². The highest BCUT2D eigenvalue weighted by Crippen LogP contribution is 2.37. The zero-order valence-electron chi connectivity index (χ0n) is 12.7. The summed E-state index contributed by atoms with van der Waals surface area (Å²) in [6.45, 7) is -0.673. The Morgan fingerprint density at radius 2 is 1.46 bits per heavy atom. The van der Waals surface area contributed by atoms with Gasteiger partial charge in [-0.15, -0.1) is 0 Å². The standard InChI is InChI=1S/C11H22N2O9P2/c12-5-1-4-11(16,10(14)15)13(6-2-8-23(17,18)19)7-3-9-24(20,21)22/h2-3,8-9,16H,1,4-7,12H2,(H,14,15)(H2,17,18,19)(H2,20,21,22)/t11-/m1/s1. The van der Waals surface area contributed by atoms with E-state index in [1.807, 2.05) is 0 Å². The van der Waals surface area contributed by atoms with Crippen LogP contribution in [0.4, 0.5) is 0 Å². The average molecular weight is 388 g/mol. The molecule has 0 aromatic rings. The SMILES string of the molecule is NCCC[C@@](O)(C(=O)O)N(CC=CP(=O)(O)O)CC=CP(=O)(O)O. The third kappa shape index (κ3) is 9.43. The summed E-state index contributed by atoms with van der Waals surface area (Å²) in [7, 11) is -8.94. The first-order valence-corrected chi connectivity index (χ1v) is 10.0. The Bertz CT molecular complexity index is 534. The minimum absolute atomic E-state index is 0.0973. The van der Waals surface area contributed by atoms with Crippen LogP contribution in [0.2, 0.25) is 0 Å². The molecule has 24 heavy (non-hydrogen) atoms. The van der Waals surface area contributed by atoms with E-state index >= 15 is 0 Å². The van der Waals surface area contributed by atoms with Gasteiger partial charge in [-0.3, -0.25) is 14.0 Å². The molecule has 0 aliphatic carbocycles. The van der Waals surface area contributed by atoms with Crippen molar-refractivity contribution in [3.8, 4) is 0 Å². The summed E-state index contributed by atoms with van der Waals surface area (Å²) in [5, 5.41) is 19.6. The van der Waals surface area contributed by atoms with Crippen LogP contribution >= 0.6 is 15.2 Å². The highest BCUT2D eigenvalue weighted by Gasteiger charge is 2.40. The second kappa shape index (κ2) is 9.57. The van der Waals surface area contributed by atoms with Gasteiger partial charge in [0.05, 0.1) is 0 Å². The fraction of sp³-hybridized carbons (Fsp3) is 0.545. The first kappa shape index (κ1) is 23.1. The van der Waals surface area contributed by atoms with Crippen LogP contribution < -0.4 is 5.73 Å². The Morgan fingerprint density at radius 1 is 1.04 bits per heavy atom. The van der Waals surface area contributed by atoms with Crippen LogP contribution in [0, 0.1) is 0 Å². The van der Waals surface area contributed by atoms with E-state index in [9.17, 15) is 24.1 Å². The molecule has 0 aromatic carbocycles. The molecule has 0 saturated heterocycles. The molecular formula is C11H22N2O9P2. The molecule has 140 valence electrons. The van der Waals surface area contributed by atoms with Crippen LogP contribution in [0.1, 0.15) is 12.8 Å². The topological polar surface area (TPSA) is 202 Å². The van der Waals surface area contributed by atoms with Crippen molar-refractivity contribution < 1.29 is 43.7 Å². The molecule has 0 amide bonds. The number of nitrogens with two attached hydrogens (primary N) is 1. The number of nitrogens with zero attached hydrogens (tertiary/aromatic N) is 1. The maximum absolute atomic E-state index is 11.4. The normalized spacial score (nSPS) is 16.1. The maximum Gasteiger partial charge on any atom is 0.351 e. The van der Waals surface area contributed by atoms with Gasteiger partial charge in [-0.25, -0.2) is 4.79 Å². The minimum Gasteiger partial charge on any atom is -0.478 e. The lowest BCUT2D eigenvalue weighted by molar-refractivity contribution is -0.182. The molecule has 0 spiro atoms. The molecule has 0 unspecified atom stereocenters. The highest BCUT2D eigenvalue weighted by molar-refractivity contribution is 7.55. The molecule has 0 heterocycles. The van der Waals surface area contributed by atoms with E-state index in [0.29, 0.717) is 11.6 Å². The maximum atomic E-state index is 11.4. The predicted molar refractivity (Wildman–Crippen MR) is 84.8 cm³/mol. The van der Waals surface area contributed by atoms with Crippen LogP contribution in [0.3, 0.4) is 0 Å². The molecular weight excluding hydrogens is 366 g/mol. The molecule has 0 saturated carbocycles. The van der Waals surface area contributed by atoms with Gasteiger partial charge in [-0.2, -0.15) is 0 Å². The predicted octanol–water partition coefficient (Wildman–Crippen LogP) is -0.817. The number of rotatable bonds is 11. The molecule has 0 bridgehead atoms. The van der Waals surface area contributed by atoms with E-state index in [2.05, 4.69) is 0 Å². The van der Waals surface area contributed by atoms with Crippen LogP contribution in [0.5, 0.6) is 0 Å². The van der Waals surface area contributed by atoms with Crippen LogP contribution in [-0.2, 0) is 13.9 Å². The lowest BCUT2D eigenvalue weighted by atomic mass is 10.1. The summed E-state index contributed by atoms with van der Waals surface area (Å²) < 4.78 is 21.6. The number of carboxylic acid groups (broad SMARTS) is 1.